The summed E-state index contributed by atoms with van der Waals surface area (Å²) in [7, 11) is 0. The van der Waals surface area contributed by atoms with Crippen LogP contribution in [0.15, 0.2) is 18.2 Å². The summed E-state index contributed by atoms with van der Waals surface area (Å²) in [4.78, 5) is 22.9. The molecule has 0 radical (unpaired) electrons. The van der Waals surface area contributed by atoms with Gasteiger partial charge in [-0.05, 0) is 49.1 Å². The molecule has 0 aliphatic rings. The monoisotopic (exact) mass is 381 g/mol. The van der Waals surface area contributed by atoms with Crippen molar-refractivity contribution < 1.29 is 14.3 Å². The van der Waals surface area contributed by atoms with Crippen molar-refractivity contribution in [3.63, 3.8) is 0 Å². The lowest BCUT2D eigenvalue weighted by Crippen LogP contribution is -2.34. The summed E-state index contributed by atoms with van der Waals surface area (Å²) in [6.45, 7) is 6.84. The number of ether oxygens (including phenoxy) is 1. The number of aryl methyl sites for hydroxylation is 1. The van der Waals surface area contributed by atoms with Gasteiger partial charge in [0, 0.05) is 12.3 Å². The van der Waals surface area contributed by atoms with E-state index in [-0.39, 0.29) is 24.4 Å². The molecular formula is C16H22Cl3NO3. The van der Waals surface area contributed by atoms with E-state index in [0.29, 0.717) is 6.61 Å². The van der Waals surface area contributed by atoms with Crippen LogP contribution in [0, 0.1) is 6.92 Å². The van der Waals surface area contributed by atoms with Crippen molar-refractivity contribution in [2.75, 3.05) is 30.0 Å². The summed E-state index contributed by atoms with van der Waals surface area (Å²) >= 11 is 15.2. The predicted octanol–water partition coefficient (Wildman–Crippen LogP) is 4.11. The van der Waals surface area contributed by atoms with Crippen molar-refractivity contribution in [3.05, 3.63) is 29.3 Å². The fourth-order valence-electron chi connectivity index (χ4n) is 1.88. The van der Waals surface area contributed by atoms with Gasteiger partial charge in [-0.25, -0.2) is 0 Å². The van der Waals surface area contributed by atoms with Gasteiger partial charge < -0.3 is 4.74 Å². The van der Waals surface area contributed by atoms with Crippen molar-refractivity contribution in [1.29, 1.82) is 0 Å². The zero-order chi connectivity index (χ0) is 17.8. The highest BCUT2D eigenvalue weighted by Gasteiger charge is 2.17. The Hall–Kier alpha value is -0.810. The largest absolute Gasteiger partial charge is 0.361 e. The van der Waals surface area contributed by atoms with E-state index in [1.54, 1.807) is 4.90 Å². The Morgan fingerprint density at radius 2 is 1.78 bits per heavy atom. The molecule has 1 aromatic rings. The number of carbonyl (C=O) groups excluding carboxylic acids is 2. The van der Waals surface area contributed by atoms with Crippen LogP contribution in [-0.4, -0.2) is 36.2 Å². The summed E-state index contributed by atoms with van der Waals surface area (Å²) in [5.74, 6) is -0.272. The molecule has 130 valence electrons. The number of amides is 1. The molecule has 0 saturated carbocycles. The van der Waals surface area contributed by atoms with Crippen LogP contribution in [0.3, 0.4) is 0 Å². The maximum Gasteiger partial charge on any atom is 0.243 e. The third-order valence-electron chi connectivity index (χ3n) is 3.03. The fourth-order valence-corrected chi connectivity index (χ4v) is 2.02. The SMILES string of the molecule is CCOCN(C(=O)CCl)c1cccc(CC)c1C.O=C(Cl)CCl. The average Bonchev–Trinajstić information content (AvgIpc) is 2.56. The van der Waals surface area contributed by atoms with E-state index in [1.807, 2.05) is 26.0 Å². The third kappa shape index (κ3) is 8.02. The van der Waals surface area contributed by atoms with Crippen LogP contribution in [0.4, 0.5) is 5.69 Å². The molecule has 23 heavy (non-hydrogen) atoms. The van der Waals surface area contributed by atoms with E-state index in [4.69, 9.17) is 39.5 Å². The van der Waals surface area contributed by atoms with Gasteiger partial charge in [-0.15, -0.1) is 23.2 Å². The summed E-state index contributed by atoms with van der Waals surface area (Å²) < 4.78 is 5.35. The topological polar surface area (TPSA) is 46.6 Å². The smallest absolute Gasteiger partial charge is 0.243 e. The number of hydrogen-bond acceptors (Lipinski definition) is 3. The number of rotatable bonds is 7. The minimum absolute atomic E-state index is 0.0388. The standard InChI is InChI=1S/C14H20ClNO2.C2H2Cl2O/c1-4-12-7-6-8-13(11(12)3)16(10-18-5-2)14(17)9-15;3-1-2(4)5/h6-8H,4-5,9-10H2,1-3H3;1H2. The fraction of sp³-hybridized carbons (Fsp3) is 0.500. The molecule has 0 atom stereocenters. The molecule has 4 nitrogen and oxygen atoms in total. The van der Waals surface area contributed by atoms with Gasteiger partial charge in [-0.3, -0.25) is 14.5 Å². The van der Waals surface area contributed by atoms with Gasteiger partial charge in [0.2, 0.25) is 11.1 Å². The quantitative estimate of drug-likeness (QED) is 0.405. The highest BCUT2D eigenvalue weighted by Crippen LogP contribution is 2.24. The van der Waals surface area contributed by atoms with Crippen LogP contribution in [0.1, 0.15) is 25.0 Å². The van der Waals surface area contributed by atoms with Crippen LogP contribution in [-0.2, 0) is 20.7 Å². The van der Waals surface area contributed by atoms with E-state index in [9.17, 15) is 9.59 Å². The molecule has 0 aliphatic carbocycles. The Balaban J connectivity index is 0.000000841. The minimum atomic E-state index is -0.508. The van der Waals surface area contributed by atoms with Crippen molar-refractivity contribution >= 4 is 51.6 Å². The number of benzene rings is 1. The molecular weight excluding hydrogens is 361 g/mol. The average molecular weight is 383 g/mol. The number of halogens is 3. The molecule has 0 bridgehead atoms. The molecule has 0 aromatic heterocycles. The molecule has 0 N–H and O–H groups in total. The predicted molar refractivity (Wildman–Crippen MR) is 96.8 cm³/mol. The lowest BCUT2D eigenvalue weighted by Gasteiger charge is -2.24. The van der Waals surface area contributed by atoms with E-state index >= 15 is 0 Å². The molecule has 0 unspecified atom stereocenters. The van der Waals surface area contributed by atoms with Gasteiger partial charge in [0.25, 0.3) is 0 Å². The molecule has 0 saturated heterocycles. The highest BCUT2D eigenvalue weighted by molar-refractivity contribution is 6.67. The summed E-state index contributed by atoms with van der Waals surface area (Å²) in [5, 5.41) is -0.508. The highest BCUT2D eigenvalue weighted by atomic mass is 35.5. The first kappa shape index (κ1) is 22.2. The number of anilines is 1. The Labute approximate surface area is 152 Å². The summed E-state index contributed by atoms with van der Waals surface area (Å²) in [6.07, 6.45) is 0.942. The second-order valence-corrected chi connectivity index (χ2v) is 5.44. The first-order valence-electron chi connectivity index (χ1n) is 7.19. The molecule has 1 rings (SSSR count). The van der Waals surface area contributed by atoms with Gasteiger partial charge in [-0.2, -0.15) is 0 Å². The molecule has 0 aliphatic heterocycles. The van der Waals surface area contributed by atoms with Crippen molar-refractivity contribution in [3.8, 4) is 0 Å². The number of nitrogens with zero attached hydrogens (tertiary/aromatic N) is 1. The zero-order valence-corrected chi connectivity index (χ0v) is 15.8. The second-order valence-electron chi connectivity index (χ2n) is 4.48. The maximum atomic E-state index is 11.9. The normalized spacial score (nSPS) is 9.83. The molecule has 0 heterocycles. The molecule has 0 spiro atoms. The molecule has 1 amide bonds. The molecule has 1 aromatic carbocycles. The van der Waals surface area contributed by atoms with Crippen molar-refractivity contribution in [2.45, 2.75) is 27.2 Å². The summed E-state index contributed by atoms with van der Waals surface area (Å²) in [5.41, 5.74) is 3.22. The number of hydrogen-bond donors (Lipinski definition) is 0. The van der Waals surface area contributed by atoms with Gasteiger partial charge in [0.1, 0.15) is 12.6 Å². The van der Waals surface area contributed by atoms with Crippen molar-refractivity contribution in [2.24, 2.45) is 0 Å². The maximum absolute atomic E-state index is 11.9. The Morgan fingerprint density at radius 1 is 1.17 bits per heavy atom. The Morgan fingerprint density at radius 3 is 2.22 bits per heavy atom. The second kappa shape index (κ2) is 12.6. The first-order chi connectivity index (χ1) is 10.9. The first-order valence-corrected chi connectivity index (χ1v) is 8.64. The van der Waals surface area contributed by atoms with Crippen LogP contribution in [0.25, 0.3) is 0 Å². The summed E-state index contributed by atoms with van der Waals surface area (Å²) in [6, 6.07) is 5.96. The number of carbonyl (C=O) groups is 2. The third-order valence-corrected chi connectivity index (χ3v) is 3.78. The Bertz CT molecular complexity index is 509. The van der Waals surface area contributed by atoms with Gasteiger partial charge >= 0.3 is 0 Å². The van der Waals surface area contributed by atoms with E-state index in [2.05, 4.69) is 13.0 Å². The zero-order valence-electron chi connectivity index (χ0n) is 13.6. The lowest BCUT2D eigenvalue weighted by atomic mass is 10.0. The Kier molecular flexibility index (Phi) is 12.1. The van der Waals surface area contributed by atoms with Crippen LogP contribution in [0.5, 0.6) is 0 Å². The molecule has 0 fully saturated rings. The van der Waals surface area contributed by atoms with E-state index < -0.39 is 5.24 Å². The number of alkyl halides is 2. The molecule has 7 heteroatoms. The minimum Gasteiger partial charge on any atom is -0.361 e. The van der Waals surface area contributed by atoms with Crippen LogP contribution >= 0.6 is 34.8 Å². The van der Waals surface area contributed by atoms with Gasteiger partial charge in [0.15, 0.2) is 0 Å². The van der Waals surface area contributed by atoms with E-state index in [0.717, 1.165) is 17.7 Å². The van der Waals surface area contributed by atoms with Crippen LogP contribution < -0.4 is 4.90 Å². The van der Waals surface area contributed by atoms with Gasteiger partial charge in [-0.1, -0.05) is 19.1 Å². The van der Waals surface area contributed by atoms with Gasteiger partial charge in [0.05, 0.1) is 5.88 Å². The van der Waals surface area contributed by atoms with Crippen molar-refractivity contribution in [1.82, 2.24) is 0 Å². The van der Waals surface area contributed by atoms with E-state index in [1.165, 1.54) is 5.56 Å². The van der Waals surface area contributed by atoms with Crippen LogP contribution in [0.2, 0.25) is 0 Å². The lowest BCUT2D eigenvalue weighted by molar-refractivity contribution is -0.117.